The molecule has 134 valence electrons. The van der Waals surface area contributed by atoms with Gasteiger partial charge < -0.3 is 18.9 Å². The molecule has 0 aliphatic carbocycles. The van der Waals surface area contributed by atoms with Crippen LogP contribution in [0.25, 0.3) is 6.08 Å². The molecule has 8 heteroatoms. The van der Waals surface area contributed by atoms with Crippen molar-refractivity contribution in [2.75, 3.05) is 13.7 Å². The van der Waals surface area contributed by atoms with Crippen molar-refractivity contribution in [3.63, 3.8) is 0 Å². The SMILES string of the molecule is COc1cc(/C=C/[N+](=O)[O-])ccc1OC(=O)[C@H]1COc2ccccc2O1. The number of carbonyl (C=O) groups excluding carboxylic acids is 1. The normalized spacial score (nSPS) is 15.5. The Bertz CT molecular complexity index is 862. The summed E-state index contributed by atoms with van der Waals surface area (Å²) in [4.78, 5) is 22.2. The van der Waals surface area contributed by atoms with Gasteiger partial charge in [-0.3, -0.25) is 10.1 Å². The molecule has 0 N–H and O–H groups in total. The molecular weight excluding hydrogens is 342 g/mol. The minimum absolute atomic E-state index is 0.0296. The zero-order chi connectivity index (χ0) is 18.5. The number of esters is 1. The van der Waals surface area contributed by atoms with Gasteiger partial charge in [-0.05, 0) is 29.8 Å². The average molecular weight is 357 g/mol. The molecule has 0 spiro atoms. The number of nitro groups is 1. The fourth-order valence-electron chi connectivity index (χ4n) is 2.33. The third kappa shape index (κ3) is 3.92. The minimum atomic E-state index is -0.913. The number of carbonyl (C=O) groups is 1. The molecule has 8 nitrogen and oxygen atoms in total. The number of nitrogens with zero attached hydrogens (tertiary/aromatic N) is 1. The lowest BCUT2D eigenvalue weighted by atomic mass is 10.2. The molecule has 0 fully saturated rings. The summed E-state index contributed by atoms with van der Waals surface area (Å²) in [6.07, 6.45) is 1.21. The molecule has 0 saturated carbocycles. The van der Waals surface area contributed by atoms with Crippen LogP contribution in [0.3, 0.4) is 0 Å². The Balaban J connectivity index is 1.72. The highest BCUT2D eigenvalue weighted by atomic mass is 16.6. The van der Waals surface area contributed by atoms with Crippen molar-refractivity contribution in [3.05, 3.63) is 64.3 Å². The van der Waals surface area contributed by atoms with E-state index in [2.05, 4.69) is 0 Å². The van der Waals surface area contributed by atoms with Gasteiger partial charge in [-0.25, -0.2) is 4.79 Å². The van der Waals surface area contributed by atoms with Crippen LogP contribution in [0, 0.1) is 10.1 Å². The molecule has 1 heterocycles. The predicted molar refractivity (Wildman–Crippen MR) is 91.0 cm³/mol. The van der Waals surface area contributed by atoms with Crippen molar-refractivity contribution in [2.24, 2.45) is 0 Å². The van der Waals surface area contributed by atoms with E-state index in [1.807, 2.05) is 0 Å². The smallest absolute Gasteiger partial charge is 0.356 e. The Labute approximate surface area is 148 Å². The van der Waals surface area contributed by atoms with E-state index < -0.39 is 17.0 Å². The van der Waals surface area contributed by atoms with E-state index in [4.69, 9.17) is 18.9 Å². The molecule has 1 atom stereocenters. The molecular formula is C18H15NO7. The van der Waals surface area contributed by atoms with Crippen molar-refractivity contribution >= 4 is 12.0 Å². The first-order valence-electron chi connectivity index (χ1n) is 7.67. The van der Waals surface area contributed by atoms with Crippen LogP contribution >= 0.6 is 0 Å². The van der Waals surface area contributed by atoms with Crippen LogP contribution in [0.4, 0.5) is 0 Å². The van der Waals surface area contributed by atoms with E-state index >= 15 is 0 Å². The standard InChI is InChI=1S/C18H15NO7/c1-23-16-10-12(8-9-19(21)22)6-7-15(16)26-18(20)17-11-24-13-4-2-3-5-14(13)25-17/h2-10,17H,11H2,1H3/b9-8+/t17-/m1/s1. The maximum Gasteiger partial charge on any atom is 0.356 e. The highest BCUT2D eigenvalue weighted by Crippen LogP contribution is 2.33. The number of fused-ring (bicyclic) bond motifs is 1. The molecule has 0 bridgehead atoms. The summed E-state index contributed by atoms with van der Waals surface area (Å²) in [5.41, 5.74) is 0.532. The molecule has 0 unspecified atom stereocenters. The lowest BCUT2D eigenvalue weighted by Gasteiger charge is -2.25. The molecule has 26 heavy (non-hydrogen) atoms. The Morgan fingerprint density at radius 1 is 1.23 bits per heavy atom. The lowest BCUT2D eigenvalue weighted by molar-refractivity contribution is -0.400. The monoisotopic (exact) mass is 357 g/mol. The van der Waals surface area contributed by atoms with Gasteiger partial charge in [0.05, 0.1) is 12.0 Å². The molecule has 0 saturated heterocycles. The van der Waals surface area contributed by atoms with Gasteiger partial charge in [0.2, 0.25) is 12.3 Å². The summed E-state index contributed by atoms with van der Waals surface area (Å²) in [6, 6.07) is 11.6. The van der Waals surface area contributed by atoms with Gasteiger partial charge in [0.25, 0.3) is 0 Å². The number of ether oxygens (including phenoxy) is 4. The van der Waals surface area contributed by atoms with Gasteiger partial charge >= 0.3 is 5.97 Å². The highest BCUT2D eigenvalue weighted by molar-refractivity contribution is 5.79. The second kappa shape index (κ2) is 7.56. The summed E-state index contributed by atoms with van der Waals surface area (Å²) >= 11 is 0. The van der Waals surface area contributed by atoms with Crippen LogP contribution in [0.2, 0.25) is 0 Å². The van der Waals surface area contributed by atoms with Gasteiger partial charge in [0.1, 0.15) is 6.61 Å². The zero-order valence-electron chi connectivity index (χ0n) is 13.8. The van der Waals surface area contributed by atoms with E-state index in [-0.39, 0.29) is 18.1 Å². The van der Waals surface area contributed by atoms with Gasteiger partial charge in [-0.2, -0.15) is 0 Å². The van der Waals surface area contributed by atoms with E-state index in [0.29, 0.717) is 17.1 Å². The summed E-state index contributed by atoms with van der Waals surface area (Å²) in [5, 5.41) is 10.4. The largest absolute Gasteiger partial charge is 0.493 e. The molecule has 2 aromatic carbocycles. The summed E-state index contributed by atoms with van der Waals surface area (Å²) in [7, 11) is 1.41. The van der Waals surface area contributed by atoms with Crippen molar-refractivity contribution in [1.29, 1.82) is 0 Å². The number of para-hydroxylation sites is 2. The van der Waals surface area contributed by atoms with Crippen LogP contribution in [0.5, 0.6) is 23.0 Å². The van der Waals surface area contributed by atoms with Crippen LogP contribution < -0.4 is 18.9 Å². The third-order valence-corrected chi connectivity index (χ3v) is 3.56. The second-order valence-corrected chi connectivity index (χ2v) is 5.30. The van der Waals surface area contributed by atoms with Crippen LogP contribution in [0.15, 0.2) is 48.7 Å². The van der Waals surface area contributed by atoms with Crippen LogP contribution in [-0.4, -0.2) is 30.7 Å². The van der Waals surface area contributed by atoms with Crippen molar-refractivity contribution in [2.45, 2.75) is 6.10 Å². The van der Waals surface area contributed by atoms with Gasteiger partial charge in [-0.1, -0.05) is 18.2 Å². The second-order valence-electron chi connectivity index (χ2n) is 5.30. The van der Waals surface area contributed by atoms with E-state index in [1.165, 1.54) is 25.3 Å². The highest BCUT2D eigenvalue weighted by Gasteiger charge is 2.29. The molecule has 1 aliphatic heterocycles. The maximum absolute atomic E-state index is 12.4. The third-order valence-electron chi connectivity index (χ3n) is 3.56. The molecule has 0 radical (unpaired) electrons. The summed E-state index contributed by atoms with van der Waals surface area (Å²) in [5.74, 6) is 0.842. The number of hydrogen-bond acceptors (Lipinski definition) is 7. The van der Waals surface area contributed by atoms with Gasteiger partial charge in [-0.15, -0.1) is 0 Å². The quantitative estimate of drug-likeness (QED) is 0.351. The first-order valence-corrected chi connectivity index (χ1v) is 7.67. The molecule has 0 aromatic heterocycles. The van der Waals surface area contributed by atoms with E-state index in [9.17, 15) is 14.9 Å². The maximum atomic E-state index is 12.4. The summed E-state index contributed by atoms with van der Waals surface area (Å²) in [6.45, 7) is 0.0296. The number of methoxy groups -OCH3 is 1. The van der Waals surface area contributed by atoms with Gasteiger partial charge in [0, 0.05) is 6.08 Å². The minimum Gasteiger partial charge on any atom is -0.493 e. The Hall–Kier alpha value is -3.55. The number of benzene rings is 2. The van der Waals surface area contributed by atoms with Crippen LogP contribution in [-0.2, 0) is 4.79 Å². The predicted octanol–water partition coefficient (Wildman–Crippen LogP) is 2.69. The van der Waals surface area contributed by atoms with Crippen LogP contribution in [0.1, 0.15) is 5.56 Å². The van der Waals surface area contributed by atoms with E-state index in [0.717, 1.165) is 6.20 Å². The molecule has 2 aromatic rings. The number of rotatable bonds is 5. The Morgan fingerprint density at radius 2 is 2.00 bits per heavy atom. The van der Waals surface area contributed by atoms with Crippen molar-refractivity contribution in [3.8, 4) is 23.0 Å². The van der Waals surface area contributed by atoms with Gasteiger partial charge in [0.15, 0.2) is 23.0 Å². The average Bonchev–Trinajstić information content (AvgIpc) is 2.66. The van der Waals surface area contributed by atoms with E-state index in [1.54, 1.807) is 30.3 Å². The molecule has 0 amide bonds. The first kappa shape index (κ1) is 17.3. The zero-order valence-corrected chi connectivity index (χ0v) is 13.8. The fraction of sp³-hybridized carbons (Fsp3) is 0.167. The van der Waals surface area contributed by atoms with Crippen molar-refractivity contribution < 1.29 is 28.7 Å². The Kier molecular flexibility index (Phi) is 5.02. The number of hydrogen-bond donors (Lipinski definition) is 0. The Morgan fingerprint density at radius 3 is 2.73 bits per heavy atom. The fourth-order valence-corrected chi connectivity index (χ4v) is 2.33. The lowest BCUT2D eigenvalue weighted by Crippen LogP contribution is -2.39. The first-order chi connectivity index (χ1) is 12.6. The van der Waals surface area contributed by atoms with Crippen molar-refractivity contribution in [1.82, 2.24) is 0 Å². The topological polar surface area (TPSA) is 97.1 Å². The molecule has 1 aliphatic rings. The summed E-state index contributed by atoms with van der Waals surface area (Å²) < 4.78 is 21.6. The molecule has 3 rings (SSSR count).